The van der Waals surface area contributed by atoms with E-state index in [1.54, 1.807) is 39.2 Å². The van der Waals surface area contributed by atoms with Gasteiger partial charge in [-0.05, 0) is 75.0 Å². The summed E-state index contributed by atoms with van der Waals surface area (Å²) in [6.45, 7) is 10.8. The Morgan fingerprint density at radius 3 is 2.34 bits per heavy atom. The topological polar surface area (TPSA) is 95.3 Å². The van der Waals surface area contributed by atoms with Crippen LogP contribution in [0.4, 0.5) is 15.4 Å². The first-order valence-electron chi connectivity index (χ1n) is 11.1. The van der Waals surface area contributed by atoms with Gasteiger partial charge in [-0.15, -0.1) is 0 Å². The van der Waals surface area contributed by atoms with Crippen LogP contribution in [0, 0.1) is 0 Å². The number of fused-ring (bicyclic) bond motifs is 2. The Bertz CT molecular complexity index is 1450. The summed E-state index contributed by atoms with van der Waals surface area (Å²) in [5.41, 5.74) is 0.559. The van der Waals surface area contributed by atoms with Crippen molar-refractivity contribution in [3.05, 3.63) is 53.3 Å². The number of halogens is 1. The van der Waals surface area contributed by atoms with Gasteiger partial charge in [0, 0.05) is 33.2 Å². The first kappa shape index (κ1) is 24.7. The molecule has 1 amide bonds. The SMILES string of the molecule is CC(C)(C)OC(=O)Nc1cc2ccccc2c(-c2cnc3c(c2)c(Br)cn3C(=O)OC(C)(C)C)n1. The van der Waals surface area contributed by atoms with Gasteiger partial charge in [-0.2, -0.15) is 0 Å². The first-order valence-corrected chi connectivity index (χ1v) is 11.9. The number of nitrogens with one attached hydrogen (secondary N) is 1. The van der Waals surface area contributed by atoms with Crippen LogP contribution in [0.5, 0.6) is 0 Å². The van der Waals surface area contributed by atoms with Crippen LogP contribution in [0.15, 0.2) is 53.3 Å². The fraction of sp³-hybridized carbons (Fsp3) is 0.308. The van der Waals surface area contributed by atoms with Gasteiger partial charge in [0.25, 0.3) is 0 Å². The maximum atomic E-state index is 12.7. The molecule has 0 aliphatic rings. The van der Waals surface area contributed by atoms with Gasteiger partial charge in [0.15, 0.2) is 5.65 Å². The molecule has 0 atom stereocenters. The Hall–Kier alpha value is -3.46. The van der Waals surface area contributed by atoms with Crippen LogP contribution < -0.4 is 5.32 Å². The van der Waals surface area contributed by atoms with E-state index < -0.39 is 23.4 Å². The highest BCUT2D eigenvalue weighted by Gasteiger charge is 2.22. The number of amides is 1. The molecule has 0 saturated carbocycles. The molecule has 3 aromatic heterocycles. The molecule has 3 heterocycles. The fourth-order valence-corrected chi connectivity index (χ4v) is 4.04. The van der Waals surface area contributed by atoms with Crippen LogP contribution >= 0.6 is 15.9 Å². The quantitative estimate of drug-likeness (QED) is 0.291. The lowest BCUT2D eigenvalue weighted by atomic mass is 10.0. The molecule has 0 spiro atoms. The molecule has 182 valence electrons. The zero-order valence-corrected chi connectivity index (χ0v) is 22.1. The molecule has 0 saturated heterocycles. The van der Waals surface area contributed by atoms with Crippen LogP contribution in [0.25, 0.3) is 33.1 Å². The van der Waals surface area contributed by atoms with E-state index in [1.807, 2.05) is 51.1 Å². The molecule has 0 radical (unpaired) electrons. The normalized spacial score (nSPS) is 12.1. The number of aromatic nitrogens is 3. The molecule has 1 N–H and O–H groups in total. The Balaban J connectivity index is 1.79. The molecule has 4 rings (SSSR count). The summed E-state index contributed by atoms with van der Waals surface area (Å²) in [7, 11) is 0. The van der Waals surface area contributed by atoms with Gasteiger partial charge < -0.3 is 9.47 Å². The number of nitrogens with zero attached hydrogens (tertiary/aromatic N) is 3. The van der Waals surface area contributed by atoms with Crippen molar-refractivity contribution in [3.63, 3.8) is 0 Å². The van der Waals surface area contributed by atoms with E-state index in [-0.39, 0.29) is 0 Å². The summed E-state index contributed by atoms with van der Waals surface area (Å²) in [5.74, 6) is 0.360. The lowest BCUT2D eigenvalue weighted by Crippen LogP contribution is -2.27. The molecule has 35 heavy (non-hydrogen) atoms. The monoisotopic (exact) mass is 538 g/mol. The molecule has 0 unspecified atom stereocenters. The van der Waals surface area contributed by atoms with E-state index >= 15 is 0 Å². The average molecular weight is 539 g/mol. The van der Waals surface area contributed by atoms with Crippen LogP contribution in [0.3, 0.4) is 0 Å². The van der Waals surface area contributed by atoms with E-state index in [0.717, 1.165) is 21.7 Å². The Morgan fingerprint density at radius 2 is 1.66 bits per heavy atom. The van der Waals surface area contributed by atoms with Crippen molar-refractivity contribution >= 4 is 55.7 Å². The average Bonchev–Trinajstić information content (AvgIpc) is 3.07. The Morgan fingerprint density at radius 1 is 0.971 bits per heavy atom. The van der Waals surface area contributed by atoms with Gasteiger partial charge >= 0.3 is 12.2 Å². The molecule has 1 aromatic carbocycles. The van der Waals surface area contributed by atoms with E-state index in [9.17, 15) is 9.59 Å². The minimum Gasteiger partial charge on any atom is -0.444 e. The van der Waals surface area contributed by atoms with Crippen molar-refractivity contribution in [2.45, 2.75) is 52.7 Å². The molecule has 0 bridgehead atoms. The third-order valence-electron chi connectivity index (χ3n) is 4.83. The number of benzene rings is 1. The second-order valence-electron chi connectivity index (χ2n) is 10.1. The standard InChI is InChI=1S/C26H27BrN4O4/c1-25(2,3)34-23(32)30-20-12-15-9-7-8-10-17(15)21(29-20)16-11-18-19(27)14-31(22(18)28-13-16)24(33)35-26(4,5)6/h7-14H,1-6H3,(H,29,30,32). The van der Waals surface area contributed by atoms with E-state index in [4.69, 9.17) is 14.5 Å². The van der Waals surface area contributed by atoms with E-state index in [1.165, 1.54) is 4.57 Å². The van der Waals surface area contributed by atoms with Gasteiger partial charge in [0.1, 0.15) is 17.0 Å². The van der Waals surface area contributed by atoms with Crippen LogP contribution in [0.1, 0.15) is 41.5 Å². The second-order valence-corrected chi connectivity index (χ2v) is 11.0. The van der Waals surface area contributed by atoms with Crippen molar-refractivity contribution in [1.29, 1.82) is 0 Å². The number of pyridine rings is 2. The van der Waals surface area contributed by atoms with Gasteiger partial charge in [0.2, 0.25) is 0 Å². The maximum absolute atomic E-state index is 12.7. The van der Waals surface area contributed by atoms with Gasteiger partial charge in [-0.1, -0.05) is 24.3 Å². The van der Waals surface area contributed by atoms with Crippen molar-refractivity contribution in [3.8, 4) is 11.3 Å². The van der Waals surface area contributed by atoms with Crippen molar-refractivity contribution in [2.24, 2.45) is 0 Å². The Kier molecular flexibility index (Phi) is 6.31. The van der Waals surface area contributed by atoms with Crippen LogP contribution in [-0.2, 0) is 9.47 Å². The summed E-state index contributed by atoms with van der Waals surface area (Å²) in [6, 6.07) is 11.4. The van der Waals surface area contributed by atoms with Crippen molar-refractivity contribution in [2.75, 3.05) is 5.32 Å². The van der Waals surface area contributed by atoms with Crippen molar-refractivity contribution in [1.82, 2.24) is 14.5 Å². The number of hydrogen-bond acceptors (Lipinski definition) is 6. The largest absolute Gasteiger partial charge is 0.444 e. The molecule has 0 aliphatic carbocycles. The first-order chi connectivity index (χ1) is 16.3. The van der Waals surface area contributed by atoms with Crippen LogP contribution in [0.2, 0.25) is 0 Å². The number of carbonyl (C=O) groups is 2. The van der Waals surface area contributed by atoms with E-state index in [0.29, 0.717) is 21.6 Å². The number of hydrogen-bond donors (Lipinski definition) is 1. The number of anilines is 1. The minimum atomic E-state index is -0.634. The van der Waals surface area contributed by atoms with E-state index in [2.05, 4.69) is 26.2 Å². The number of carbonyl (C=O) groups excluding carboxylic acids is 2. The van der Waals surface area contributed by atoms with Gasteiger partial charge in [-0.3, -0.25) is 5.32 Å². The third kappa shape index (κ3) is 5.62. The van der Waals surface area contributed by atoms with Gasteiger partial charge in [0.05, 0.1) is 5.69 Å². The fourth-order valence-electron chi connectivity index (χ4n) is 3.54. The van der Waals surface area contributed by atoms with Gasteiger partial charge in [-0.25, -0.2) is 24.1 Å². The zero-order chi connectivity index (χ0) is 25.5. The summed E-state index contributed by atoms with van der Waals surface area (Å²) >= 11 is 3.53. The molecule has 0 fully saturated rings. The molecule has 4 aromatic rings. The predicted octanol–water partition coefficient (Wildman–Crippen LogP) is 7.14. The number of rotatable bonds is 2. The molecule has 0 aliphatic heterocycles. The minimum absolute atomic E-state index is 0.360. The second kappa shape index (κ2) is 8.96. The highest BCUT2D eigenvalue weighted by atomic mass is 79.9. The predicted molar refractivity (Wildman–Crippen MR) is 140 cm³/mol. The van der Waals surface area contributed by atoms with Crippen LogP contribution in [-0.4, -0.2) is 37.9 Å². The maximum Gasteiger partial charge on any atom is 0.420 e. The highest BCUT2D eigenvalue weighted by molar-refractivity contribution is 9.10. The summed E-state index contributed by atoms with van der Waals surface area (Å²) in [5, 5.41) is 5.24. The molecule has 9 heteroatoms. The molecule has 8 nitrogen and oxygen atoms in total. The summed E-state index contributed by atoms with van der Waals surface area (Å²) < 4.78 is 13.0. The summed E-state index contributed by atoms with van der Waals surface area (Å²) in [6.07, 6.45) is 2.20. The third-order valence-corrected chi connectivity index (χ3v) is 5.46. The zero-order valence-electron chi connectivity index (χ0n) is 20.5. The highest BCUT2D eigenvalue weighted by Crippen LogP contribution is 2.33. The Labute approximate surface area is 211 Å². The summed E-state index contributed by atoms with van der Waals surface area (Å²) in [4.78, 5) is 34.3. The molecular weight excluding hydrogens is 512 g/mol. The smallest absolute Gasteiger partial charge is 0.420 e. The lowest BCUT2D eigenvalue weighted by Gasteiger charge is -2.20. The lowest BCUT2D eigenvalue weighted by molar-refractivity contribution is 0.0542. The molecular formula is C26H27BrN4O4. The number of ether oxygens (including phenoxy) is 2. The van der Waals surface area contributed by atoms with Crippen molar-refractivity contribution < 1.29 is 19.1 Å².